The Labute approximate surface area is 232 Å². The minimum absolute atomic E-state index is 0.0200. The van der Waals surface area contributed by atoms with Gasteiger partial charge in [-0.1, -0.05) is 23.7 Å². The maximum atomic E-state index is 12.8. The Bertz CT molecular complexity index is 1350. The van der Waals surface area contributed by atoms with E-state index in [4.69, 9.17) is 16.3 Å². The molecular weight excluding hydrogens is 553 g/mol. The maximum absolute atomic E-state index is 12.8. The molecule has 0 spiro atoms. The predicted molar refractivity (Wildman–Crippen MR) is 141 cm³/mol. The van der Waals surface area contributed by atoms with Crippen molar-refractivity contribution >= 4 is 41.0 Å². The van der Waals surface area contributed by atoms with Gasteiger partial charge in [0.25, 0.3) is 11.8 Å². The van der Waals surface area contributed by atoms with Crippen molar-refractivity contribution in [1.82, 2.24) is 30.7 Å². The number of ether oxygens (including phenoxy) is 1. The van der Waals surface area contributed by atoms with Gasteiger partial charge in [0.05, 0.1) is 12.1 Å². The van der Waals surface area contributed by atoms with Gasteiger partial charge in [-0.2, -0.15) is 28.1 Å². The average Bonchev–Trinajstić information content (AvgIpc) is 3.66. The number of hydrazine groups is 1. The van der Waals surface area contributed by atoms with E-state index in [0.29, 0.717) is 10.7 Å². The molecule has 2 aromatic carbocycles. The molecule has 0 atom stereocenters. The summed E-state index contributed by atoms with van der Waals surface area (Å²) < 4.78 is 43.1. The fourth-order valence-electron chi connectivity index (χ4n) is 3.63. The molecular formula is C25H26ClF3N8O3. The maximum Gasteiger partial charge on any atom is 0.422 e. The first-order valence-corrected chi connectivity index (χ1v) is 12.4. The van der Waals surface area contributed by atoms with E-state index in [9.17, 15) is 22.8 Å². The van der Waals surface area contributed by atoms with Gasteiger partial charge in [0.15, 0.2) is 6.61 Å². The largest absolute Gasteiger partial charge is 0.454 e. The molecule has 4 N–H and O–H groups in total. The van der Waals surface area contributed by atoms with E-state index < -0.39 is 30.2 Å². The molecule has 15 heteroatoms. The number of nitrogens with zero attached hydrogens (tertiary/aromatic N) is 4. The highest BCUT2D eigenvalue weighted by atomic mass is 35.5. The Hall–Kier alpha value is -4.17. The highest BCUT2D eigenvalue weighted by molar-refractivity contribution is 6.30. The van der Waals surface area contributed by atoms with Crippen molar-refractivity contribution in [3.63, 3.8) is 0 Å². The fourth-order valence-corrected chi connectivity index (χ4v) is 3.76. The standard InChI is InChI=1S/C25H26ClF3N8O3/c1-37(2)13-19(38)35-36-20(39)15-3-9-18(10-4-15)30-21-31-22(33-23(32-21)40-14-25(27,28)29)34-24(11-12-24)16-5-7-17(26)8-6-16/h3-10H,11-14H2,1-2H3,(H,35,38)(H,36,39)(H2,30,31,32,33,34). The predicted octanol–water partition coefficient (Wildman–Crippen LogP) is 3.63. The van der Waals surface area contributed by atoms with Gasteiger partial charge in [0, 0.05) is 16.3 Å². The Kier molecular flexibility index (Phi) is 8.59. The molecule has 0 bridgehead atoms. The van der Waals surface area contributed by atoms with Crippen LogP contribution >= 0.6 is 11.6 Å². The molecule has 1 saturated carbocycles. The number of benzene rings is 2. The lowest BCUT2D eigenvalue weighted by atomic mass is 10.1. The molecule has 11 nitrogen and oxygen atoms in total. The van der Waals surface area contributed by atoms with E-state index >= 15 is 0 Å². The quantitative estimate of drug-likeness (QED) is 0.266. The molecule has 1 fully saturated rings. The van der Waals surface area contributed by atoms with E-state index in [2.05, 4.69) is 36.4 Å². The van der Waals surface area contributed by atoms with Crippen molar-refractivity contribution < 1.29 is 27.5 Å². The molecule has 1 aliphatic rings. The zero-order valence-corrected chi connectivity index (χ0v) is 22.2. The van der Waals surface area contributed by atoms with Crippen LogP contribution in [0.5, 0.6) is 6.01 Å². The molecule has 0 aliphatic heterocycles. The van der Waals surface area contributed by atoms with Crippen LogP contribution < -0.4 is 26.2 Å². The zero-order chi connectivity index (χ0) is 28.9. The monoisotopic (exact) mass is 578 g/mol. The van der Waals surface area contributed by atoms with Gasteiger partial charge in [-0.05, 0) is 68.9 Å². The Morgan fingerprint density at radius 3 is 2.23 bits per heavy atom. The molecule has 1 heterocycles. The number of carbonyl (C=O) groups excluding carboxylic acids is 2. The summed E-state index contributed by atoms with van der Waals surface area (Å²) in [5.41, 5.74) is 5.74. The number of hydrogen-bond donors (Lipinski definition) is 4. The number of alkyl halides is 3. The third-order valence-corrected chi connectivity index (χ3v) is 5.91. The first-order valence-electron chi connectivity index (χ1n) is 12.0. The topological polar surface area (TPSA) is 133 Å². The first kappa shape index (κ1) is 28.8. The second-order valence-electron chi connectivity index (χ2n) is 9.33. The highest BCUT2D eigenvalue weighted by Gasteiger charge is 2.45. The van der Waals surface area contributed by atoms with Gasteiger partial charge >= 0.3 is 12.2 Å². The lowest BCUT2D eigenvalue weighted by Crippen LogP contribution is -2.45. The van der Waals surface area contributed by atoms with Gasteiger partial charge in [0.2, 0.25) is 11.9 Å². The van der Waals surface area contributed by atoms with Crippen LogP contribution in [0.15, 0.2) is 48.5 Å². The fraction of sp³-hybridized carbons (Fsp3) is 0.320. The van der Waals surface area contributed by atoms with Crippen molar-refractivity contribution in [1.29, 1.82) is 0 Å². The molecule has 0 unspecified atom stereocenters. The van der Waals surface area contributed by atoms with Crippen LogP contribution in [0.25, 0.3) is 0 Å². The van der Waals surface area contributed by atoms with Crippen molar-refractivity contribution in [2.24, 2.45) is 0 Å². The normalized spacial score (nSPS) is 13.9. The minimum atomic E-state index is -4.59. The number of rotatable bonds is 10. The van der Waals surface area contributed by atoms with Gasteiger partial charge in [-0.3, -0.25) is 20.4 Å². The second-order valence-corrected chi connectivity index (χ2v) is 9.76. The number of carbonyl (C=O) groups is 2. The van der Waals surface area contributed by atoms with Crippen molar-refractivity contribution in [3.8, 4) is 6.01 Å². The third kappa shape index (κ3) is 8.16. The number of likely N-dealkylation sites (N-methyl/N-ethyl adjacent to an activating group) is 1. The van der Waals surface area contributed by atoms with Gasteiger partial charge in [-0.25, -0.2) is 0 Å². The SMILES string of the molecule is CN(C)CC(=O)NNC(=O)c1ccc(Nc2nc(NC3(c4ccc(Cl)cc4)CC3)nc(OCC(F)(F)F)n2)cc1. The van der Waals surface area contributed by atoms with Crippen LogP contribution in [0.1, 0.15) is 28.8 Å². The summed E-state index contributed by atoms with van der Waals surface area (Å²) in [6, 6.07) is 12.7. The van der Waals surface area contributed by atoms with Crippen molar-refractivity contribution in [3.05, 3.63) is 64.7 Å². The van der Waals surface area contributed by atoms with Crippen LogP contribution in [0.4, 0.5) is 30.8 Å². The molecule has 4 rings (SSSR count). The lowest BCUT2D eigenvalue weighted by Gasteiger charge is -2.19. The molecule has 40 heavy (non-hydrogen) atoms. The minimum Gasteiger partial charge on any atom is -0.454 e. The number of hydrogen-bond acceptors (Lipinski definition) is 9. The van der Waals surface area contributed by atoms with Crippen LogP contribution in [0.3, 0.4) is 0 Å². The number of anilines is 3. The average molecular weight is 579 g/mol. The van der Waals surface area contributed by atoms with E-state index in [0.717, 1.165) is 18.4 Å². The molecule has 1 aromatic heterocycles. The number of halogens is 4. The Morgan fingerprint density at radius 1 is 0.975 bits per heavy atom. The number of aromatic nitrogens is 3. The summed E-state index contributed by atoms with van der Waals surface area (Å²) in [5, 5.41) is 6.65. The van der Waals surface area contributed by atoms with Gasteiger partial charge in [-0.15, -0.1) is 0 Å². The van der Waals surface area contributed by atoms with Gasteiger partial charge < -0.3 is 20.3 Å². The van der Waals surface area contributed by atoms with E-state index in [-0.39, 0.29) is 29.9 Å². The molecule has 2 amide bonds. The summed E-state index contributed by atoms with van der Waals surface area (Å²) in [7, 11) is 3.43. The summed E-state index contributed by atoms with van der Waals surface area (Å²) in [5.74, 6) is -0.977. The number of amides is 2. The van der Waals surface area contributed by atoms with Crippen LogP contribution in [0, 0.1) is 0 Å². The van der Waals surface area contributed by atoms with E-state index in [1.54, 1.807) is 43.3 Å². The first-order chi connectivity index (χ1) is 18.9. The van der Waals surface area contributed by atoms with Gasteiger partial charge in [0.1, 0.15) is 0 Å². The third-order valence-electron chi connectivity index (χ3n) is 5.66. The zero-order valence-electron chi connectivity index (χ0n) is 21.5. The van der Waals surface area contributed by atoms with Crippen LogP contribution in [0.2, 0.25) is 5.02 Å². The number of nitrogens with one attached hydrogen (secondary N) is 4. The molecule has 1 aliphatic carbocycles. The molecule has 212 valence electrons. The highest BCUT2D eigenvalue weighted by Crippen LogP contribution is 2.48. The summed E-state index contributed by atoms with van der Waals surface area (Å²) >= 11 is 5.99. The smallest absolute Gasteiger partial charge is 0.422 e. The lowest BCUT2D eigenvalue weighted by molar-refractivity contribution is -0.154. The molecule has 3 aromatic rings. The molecule has 0 radical (unpaired) electrons. The Morgan fingerprint density at radius 2 is 1.62 bits per heavy atom. The van der Waals surface area contributed by atoms with Crippen LogP contribution in [-0.4, -0.2) is 65.1 Å². The summed E-state index contributed by atoms with van der Waals surface area (Å²) in [6.07, 6.45) is -3.08. The van der Waals surface area contributed by atoms with E-state index in [1.165, 1.54) is 12.1 Å². The van der Waals surface area contributed by atoms with Crippen molar-refractivity contribution in [2.45, 2.75) is 24.6 Å². The summed E-state index contributed by atoms with van der Waals surface area (Å²) in [4.78, 5) is 37.9. The van der Waals surface area contributed by atoms with Crippen LogP contribution in [-0.2, 0) is 10.3 Å². The Balaban J connectivity index is 1.48. The second kappa shape index (κ2) is 11.9. The van der Waals surface area contributed by atoms with E-state index in [1.807, 2.05) is 12.1 Å². The van der Waals surface area contributed by atoms with Crippen molar-refractivity contribution in [2.75, 3.05) is 37.9 Å². The molecule has 0 saturated heterocycles. The summed E-state index contributed by atoms with van der Waals surface area (Å²) in [6.45, 7) is -1.48.